The molecule has 0 unspecified atom stereocenters. The van der Waals surface area contributed by atoms with E-state index in [2.05, 4.69) is 30.9 Å². The first-order chi connectivity index (χ1) is 12.7. The van der Waals surface area contributed by atoms with Crippen molar-refractivity contribution in [1.82, 2.24) is 0 Å². The molecule has 0 aromatic heterocycles. The zero-order valence-electron chi connectivity index (χ0n) is 14.5. The third kappa shape index (κ3) is 4.95. The van der Waals surface area contributed by atoms with Gasteiger partial charge in [0, 0.05) is 11.5 Å². The van der Waals surface area contributed by atoms with Crippen molar-refractivity contribution < 1.29 is 13.9 Å². The van der Waals surface area contributed by atoms with Crippen molar-refractivity contribution in [3.05, 3.63) is 71.0 Å². The lowest BCUT2D eigenvalue weighted by Gasteiger charge is -2.24. The number of allylic oxidation sites excluding steroid dienone is 1. The fourth-order valence-corrected chi connectivity index (χ4v) is 2.72. The molecule has 0 N–H and O–H groups in total. The third-order valence-corrected chi connectivity index (χ3v) is 4.35. The Morgan fingerprint density at radius 2 is 1.81 bits per heavy atom. The molecule has 1 aliphatic heterocycles. The average Bonchev–Trinajstić information content (AvgIpc) is 2.68. The molecule has 2 aromatic rings. The van der Waals surface area contributed by atoms with Gasteiger partial charge in [-0.25, -0.2) is 4.39 Å². The summed E-state index contributed by atoms with van der Waals surface area (Å²) in [6.07, 6.45) is 4.77. The summed E-state index contributed by atoms with van der Waals surface area (Å²) in [7, 11) is 0. The van der Waals surface area contributed by atoms with Crippen LogP contribution in [0.15, 0.2) is 54.6 Å². The first-order valence-electron chi connectivity index (χ1n) is 8.62. The molecule has 2 nitrogen and oxygen atoms in total. The summed E-state index contributed by atoms with van der Waals surface area (Å²) >= 11 is 5.72. The van der Waals surface area contributed by atoms with Gasteiger partial charge < -0.3 is 9.47 Å². The molecule has 26 heavy (non-hydrogen) atoms. The van der Waals surface area contributed by atoms with E-state index in [1.165, 1.54) is 6.07 Å². The fraction of sp³-hybridized carbons (Fsp3) is 0.273. The monoisotopic (exact) mass is 370 g/mol. The molecule has 0 aliphatic carbocycles. The van der Waals surface area contributed by atoms with Crippen LogP contribution in [0.4, 0.5) is 4.39 Å². The fourth-order valence-electron chi connectivity index (χ4n) is 2.61. The van der Waals surface area contributed by atoms with Gasteiger partial charge in [-0.05, 0) is 47.7 Å². The van der Waals surface area contributed by atoms with Gasteiger partial charge in [0.15, 0.2) is 0 Å². The first kappa shape index (κ1) is 18.7. The van der Waals surface area contributed by atoms with Crippen LogP contribution in [-0.2, 0) is 9.47 Å². The summed E-state index contributed by atoms with van der Waals surface area (Å²) in [5, 5.41) is 0.121. The predicted octanol–water partition coefficient (Wildman–Crippen LogP) is 5.45. The summed E-state index contributed by atoms with van der Waals surface area (Å²) in [5.41, 5.74) is 2.53. The molecule has 3 rings (SSSR count). The molecule has 4 heteroatoms. The Hall–Kier alpha value is -2.12. The molecule has 0 saturated carbocycles. The molecule has 1 saturated heterocycles. The predicted molar refractivity (Wildman–Crippen MR) is 102 cm³/mol. The Balaban J connectivity index is 1.61. The minimum Gasteiger partial charge on any atom is -0.341 e. The van der Waals surface area contributed by atoms with Crippen molar-refractivity contribution in [1.29, 1.82) is 0 Å². The molecule has 0 radical (unpaired) electrons. The quantitative estimate of drug-likeness (QED) is 0.528. The van der Waals surface area contributed by atoms with Crippen LogP contribution in [-0.4, -0.2) is 19.5 Å². The van der Waals surface area contributed by atoms with Crippen LogP contribution >= 0.6 is 11.6 Å². The van der Waals surface area contributed by atoms with Gasteiger partial charge in [-0.3, -0.25) is 0 Å². The van der Waals surface area contributed by atoms with Crippen LogP contribution in [0.3, 0.4) is 0 Å². The van der Waals surface area contributed by atoms with Gasteiger partial charge in [0.05, 0.1) is 18.2 Å². The van der Waals surface area contributed by atoms with Crippen molar-refractivity contribution in [2.45, 2.75) is 19.6 Å². The van der Waals surface area contributed by atoms with E-state index in [4.69, 9.17) is 21.1 Å². The van der Waals surface area contributed by atoms with Crippen LogP contribution in [0.2, 0.25) is 5.02 Å². The van der Waals surface area contributed by atoms with E-state index in [0.717, 1.165) is 23.1 Å². The normalized spacial score (nSPS) is 20.0. The zero-order chi connectivity index (χ0) is 18.4. The largest absolute Gasteiger partial charge is 0.341 e. The Kier molecular flexibility index (Phi) is 6.46. The lowest BCUT2D eigenvalue weighted by molar-refractivity contribution is -0.160. The third-order valence-electron chi connectivity index (χ3n) is 4.04. The van der Waals surface area contributed by atoms with Crippen LogP contribution in [0.5, 0.6) is 0 Å². The van der Waals surface area contributed by atoms with Crippen molar-refractivity contribution in [3.63, 3.8) is 0 Å². The Morgan fingerprint density at radius 1 is 1.12 bits per heavy atom. The maximum atomic E-state index is 13.6. The summed E-state index contributed by atoms with van der Waals surface area (Å²) in [5.74, 6) is 5.93. The van der Waals surface area contributed by atoms with E-state index in [-0.39, 0.29) is 5.02 Å². The maximum Gasteiger partial charge on any atom is 0.222 e. The van der Waals surface area contributed by atoms with Gasteiger partial charge >= 0.3 is 0 Å². The summed E-state index contributed by atoms with van der Waals surface area (Å²) in [6, 6.07) is 12.4. The molecule has 2 aromatic carbocycles. The highest BCUT2D eigenvalue weighted by Crippen LogP contribution is 2.24. The van der Waals surface area contributed by atoms with Crippen LogP contribution < -0.4 is 0 Å². The molecule has 0 amide bonds. The average molecular weight is 371 g/mol. The summed E-state index contributed by atoms with van der Waals surface area (Å²) < 4.78 is 24.8. The smallest absolute Gasteiger partial charge is 0.222 e. The van der Waals surface area contributed by atoms with E-state index >= 15 is 0 Å². The molecule has 1 aliphatic rings. The standard InChI is InChI=1S/C22H20ClFO2/c1-2-3-4-17-14-25-22(26-15-17)12-7-16-5-8-18(9-6-16)19-10-11-20(23)21(24)13-19/h3-6,8-11,13,17,22H,2,14-15H2,1H3. The Bertz CT molecular complexity index is 825. The summed E-state index contributed by atoms with van der Waals surface area (Å²) in [6.45, 7) is 3.35. The minimum absolute atomic E-state index is 0.121. The highest BCUT2D eigenvalue weighted by Gasteiger charge is 2.18. The van der Waals surface area contributed by atoms with E-state index in [9.17, 15) is 4.39 Å². The van der Waals surface area contributed by atoms with E-state index < -0.39 is 12.1 Å². The number of ether oxygens (including phenoxy) is 2. The van der Waals surface area contributed by atoms with Gasteiger partial charge in [0.25, 0.3) is 0 Å². The van der Waals surface area contributed by atoms with E-state index in [0.29, 0.717) is 19.1 Å². The zero-order valence-corrected chi connectivity index (χ0v) is 15.3. The van der Waals surface area contributed by atoms with Crippen molar-refractivity contribution in [3.8, 4) is 23.0 Å². The lowest BCUT2D eigenvalue weighted by Crippen LogP contribution is -2.30. The van der Waals surface area contributed by atoms with Gasteiger partial charge in [-0.1, -0.05) is 54.8 Å². The lowest BCUT2D eigenvalue weighted by atomic mass is 10.0. The SMILES string of the molecule is CCC=CC1COC(C#Cc2ccc(-c3ccc(Cl)c(F)c3)cc2)OC1. The van der Waals surface area contributed by atoms with Gasteiger partial charge in [-0.15, -0.1) is 0 Å². The maximum absolute atomic E-state index is 13.6. The first-order valence-corrected chi connectivity index (χ1v) is 9.00. The highest BCUT2D eigenvalue weighted by molar-refractivity contribution is 6.30. The van der Waals surface area contributed by atoms with Crippen molar-refractivity contribution >= 4 is 11.6 Å². The molecule has 1 fully saturated rings. The van der Waals surface area contributed by atoms with E-state index in [1.54, 1.807) is 12.1 Å². The number of rotatable bonds is 3. The molecule has 0 bridgehead atoms. The van der Waals surface area contributed by atoms with Gasteiger partial charge in [0.1, 0.15) is 5.82 Å². The molecule has 1 heterocycles. The van der Waals surface area contributed by atoms with Crippen LogP contribution in [0.1, 0.15) is 18.9 Å². The van der Waals surface area contributed by atoms with Crippen molar-refractivity contribution in [2.75, 3.05) is 13.2 Å². The van der Waals surface area contributed by atoms with Crippen LogP contribution in [0, 0.1) is 23.6 Å². The second-order valence-corrected chi connectivity index (χ2v) is 6.48. The summed E-state index contributed by atoms with van der Waals surface area (Å²) in [4.78, 5) is 0. The molecule has 0 spiro atoms. The van der Waals surface area contributed by atoms with Crippen LogP contribution in [0.25, 0.3) is 11.1 Å². The molecule has 134 valence electrons. The Morgan fingerprint density at radius 3 is 2.46 bits per heavy atom. The number of hydrogen-bond acceptors (Lipinski definition) is 2. The topological polar surface area (TPSA) is 18.5 Å². The number of halogens is 2. The van der Waals surface area contributed by atoms with Crippen molar-refractivity contribution in [2.24, 2.45) is 5.92 Å². The highest BCUT2D eigenvalue weighted by atomic mass is 35.5. The minimum atomic E-state index is -0.494. The second kappa shape index (κ2) is 9.00. The second-order valence-electron chi connectivity index (χ2n) is 6.07. The molecular weight excluding hydrogens is 351 g/mol. The Labute approximate surface area is 158 Å². The van der Waals surface area contributed by atoms with E-state index in [1.807, 2.05) is 24.3 Å². The number of benzene rings is 2. The molecular formula is C22H20ClFO2. The molecule has 0 atom stereocenters. The van der Waals surface area contributed by atoms with Gasteiger partial charge in [-0.2, -0.15) is 0 Å². The van der Waals surface area contributed by atoms with Gasteiger partial charge in [0.2, 0.25) is 6.29 Å². The number of hydrogen-bond donors (Lipinski definition) is 0.